The van der Waals surface area contributed by atoms with E-state index in [9.17, 15) is 18.0 Å². The second-order valence-electron chi connectivity index (χ2n) is 5.00. The average Bonchev–Trinajstić information content (AvgIpc) is 2.54. The fourth-order valence-corrected chi connectivity index (χ4v) is 1.92. The number of rotatable bonds is 5. The lowest BCUT2D eigenvalue weighted by Gasteiger charge is -2.15. The Bertz CT molecular complexity index is 699. The molecular weight excluding hydrogens is 323 g/mol. The SMILES string of the molecule is COc1cccc(O[C@H](C)C(=O)Nc2ccc(C(F)(F)F)cc2)c1. The van der Waals surface area contributed by atoms with Crippen LogP contribution >= 0.6 is 0 Å². The lowest BCUT2D eigenvalue weighted by atomic mass is 10.2. The van der Waals surface area contributed by atoms with Crippen molar-refractivity contribution in [2.24, 2.45) is 0 Å². The van der Waals surface area contributed by atoms with E-state index in [-0.39, 0.29) is 5.69 Å². The second kappa shape index (κ2) is 7.25. The summed E-state index contributed by atoms with van der Waals surface area (Å²) in [6.07, 6.45) is -5.25. The van der Waals surface area contributed by atoms with Crippen LogP contribution < -0.4 is 14.8 Å². The molecule has 0 radical (unpaired) electrons. The minimum absolute atomic E-state index is 0.258. The van der Waals surface area contributed by atoms with Gasteiger partial charge < -0.3 is 14.8 Å². The van der Waals surface area contributed by atoms with Crippen LogP contribution in [0.15, 0.2) is 48.5 Å². The number of amides is 1. The predicted octanol–water partition coefficient (Wildman–Crippen LogP) is 4.12. The van der Waals surface area contributed by atoms with Gasteiger partial charge >= 0.3 is 6.18 Å². The van der Waals surface area contributed by atoms with Crippen LogP contribution in [0.3, 0.4) is 0 Å². The van der Waals surface area contributed by atoms with Crippen LogP contribution in [0.5, 0.6) is 11.5 Å². The molecule has 0 unspecified atom stereocenters. The van der Waals surface area contributed by atoms with E-state index in [1.54, 1.807) is 31.2 Å². The molecule has 0 aromatic heterocycles. The normalized spacial score (nSPS) is 12.4. The molecule has 0 fully saturated rings. The number of hydrogen-bond acceptors (Lipinski definition) is 3. The second-order valence-corrected chi connectivity index (χ2v) is 5.00. The summed E-state index contributed by atoms with van der Waals surface area (Å²) in [7, 11) is 1.51. The Hall–Kier alpha value is -2.70. The van der Waals surface area contributed by atoms with Gasteiger partial charge in [-0.2, -0.15) is 13.2 Å². The smallest absolute Gasteiger partial charge is 0.416 e. The number of anilines is 1. The van der Waals surface area contributed by atoms with E-state index < -0.39 is 23.8 Å². The Morgan fingerprint density at radius 3 is 2.29 bits per heavy atom. The summed E-state index contributed by atoms with van der Waals surface area (Å²) in [6, 6.07) is 10.9. The fourth-order valence-electron chi connectivity index (χ4n) is 1.92. The molecule has 2 aromatic carbocycles. The van der Waals surface area contributed by atoms with Gasteiger partial charge in [0.25, 0.3) is 5.91 Å². The summed E-state index contributed by atoms with van der Waals surface area (Å²) in [5, 5.41) is 2.51. The Morgan fingerprint density at radius 2 is 1.71 bits per heavy atom. The minimum Gasteiger partial charge on any atom is -0.497 e. The van der Waals surface area contributed by atoms with Crippen molar-refractivity contribution in [3.63, 3.8) is 0 Å². The number of halogens is 3. The Balaban J connectivity index is 1.98. The van der Waals surface area contributed by atoms with Gasteiger partial charge in [0, 0.05) is 11.8 Å². The van der Waals surface area contributed by atoms with Crippen LogP contribution in [0.1, 0.15) is 12.5 Å². The van der Waals surface area contributed by atoms with Crippen molar-refractivity contribution in [3.05, 3.63) is 54.1 Å². The van der Waals surface area contributed by atoms with E-state index in [4.69, 9.17) is 9.47 Å². The van der Waals surface area contributed by atoms with Gasteiger partial charge in [0.15, 0.2) is 6.10 Å². The van der Waals surface area contributed by atoms with Crippen LogP contribution in [-0.2, 0) is 11.0 Å². The Morgan fingerprint density at radius 1 is 1.08 bits per heavy atom. The molecule has 0 saturated carbocycles. The molecule has 0 saturated heterocycles. The molecule has 7 heteroatoms. The van der Waals surface area contributed by atoms with Gasteiger partial charge in [-0.25, -0.2) is 0 Å². The monoisotopic (exact) mass is 339 g/mol. The van der Waals surface area contributed by atoms with Gasteiger partial charge in [-0.05, 0) is 43.3 Å². The van der Waals surface area contributed by atoms with Crippen molar-refractivity contribution in [1.82, 2.24) is 0 Å². The molecule has 0 bridgehead atoms. The summed E-state index contributed by atoms with van der Waals surface area (Å²) >= 11 is 0. The third kappa shape index (κ3) is 4.65. The number of hydrogen-bond donors (Lipinski definition) is 1. The number of methoxy groups -OCH3 is 1. The van der Waals surface area contributed by atoms with Crippen molar-refractivity contribution in [2.75, 3.05) is 12.4 Å². The zero-order chi connectivity index (χ0) is 17.7. The molecule has 0 aliphatic rings. The van der Waals surface area contributed by atoms with Gasteiger partial charge in [0.05, 0.1) is 12.7 Å². The summed E-state index contributed by atoms with van der Waals surface area (Å²) in [6.45, 7) is 1.54. The van der Waals surface area contributed by atoms with Gasteiger partial charge in [0.1, 0.15) is 11.5 Å². The molecule has 0 aliphatic heterocycles. The molecule has 0 heterocycles. The van der Waals surface area contributed by atoms with Gasteiger partial charge in [-0.1, -0.05) is 6.07 Å². The highest BCUT2D eigenvalue weighted by molar-refractivity contribution is 5.94. The number of carbonyl (C=O) groups excluding carboxylic acids is 1. The van der Waals surface area contributed by atoms with Crippen LogP contribution in [0.4, 0.5) is 18.9 Å². The molecule has 0 spiro atoms. The van der Waals surface area contributed by atoms with Crippen molar-refractivity contribution in [3.8, 4) is 11.5 Å². The number of benzene rings is 2. The van der Waals surface area contributed by atoms with E-state index in [0.717, 1.165) is 12.1 Å². The highest BCUT2D eigenvalue weighted by Crippen LogP contribution is 2.29. The van der Waals surface area contributed by atoms with E-state index in [1.807, 2.05) is 0 Å². The van der Waals surface area contributed by atoms with Gasteiger partial charge in [-0.3, -0.25) is 4.79 Å². The first-order valence-electron chi connectivity index (χ1n) is 7.08. The third-order valence-electron chi connectivity index (χ3n) is 3.20. The van der Waals surface area contributed by atoms with Crippen molar-refractivity contribution >= 4 is 11.6 Å². The van der Waals surface area contributed by atoms with Crippen LogP contribution in [0.2, 0.25) is 0 Å². The lowest BCUT2D eigenvalue weighted by Crippen LogP contribution is -2.30. The first kappa shape index (κ1) is 17.7. The Labute approximate surface area is 137 Å². The third-order valence-corrected chi connectivity index (χ3v) is 3.20. The topological polar surface area (TPSA) is 47.6 Å². The highest BCUT2D eigenvalue weighted by Gasteiger charge is 2.30. The zero-order valence-corrected chi connectivity index (χ0v) is 13.1. The number of alkyl halides is 3. The summed E-state index contributed by atoms with van der Waals surface area (Å²) in [5.41, 5.74) is -0.518. The molecule has 24 heavy (non-hydrogen) atoms. The van der Waals surface area contributed by atoms with Crippen molar-refractivity contribution < 1.29 is 27.4 Å². The molecule has 4 nitrogen and oxygen atoms in total. The first-order valence-corrected chi connectivity index (χ1v) is 7.08. The maximum absolute atomic E-state index is 12.5. The standard InChI is InChI=1S/C17H16F3NO3/c1-11(24-15-5-3-4-14(10-15)23-2)16(22)21-13-8-6-12(7-9-13)17(18,19)20/h3-11H,1-2H3,(H,21,22)/t11-/m1/s1. The van der Waals surface area contributed by atoms with Crippen LogP contribution in [-0.4, -0.2) is 19.1 Å². The molecule has 2 rings (SSSR count). The molecular formula is C17H16F3NO3. The van der Waals surface area contributed by atoms with E-state index >= 15 is 0 Å². The number of ether oxygens (including phenoxy) is 2. The maximum Gasteiger partial charge on any atom is 0.416 e. The molecule has 128 valence electrons. The number of nitrogens with one attached hydrogen (secondary N) is 1. The molecule has 1 N–H and O–H groups in total. The van der Waals surface area contributed by atoms with E-state index in [2.05, 4.69) is 5.32 Å². The van der Waals surface area contributed by atoms with Crippen molar-refractivity contribution in [2.45, 2.75) is 19.2 Å². The fraction of sp³-hybridized carbons (Fsp3) is 0.235. The Kier molecular flexibility index (Phi) is 5.33. The zero-order valence-electron chi connectivity index (χ0n) is 13.1. The minimum atomic E-state index is -4.41. The van der Waals surface area contributed by atoms with E-state index in [1.165, 1.54) is 19.2 Å². The first-order chi connectivity index (χ1) is 11.3. The molecule has 2 aromatic rings. The summed E-state index contributed by atoms with van der Waals surface area (Å²) in [4.78, 5) is 12.1. The number of carbonyl (C=O) groups is 1. The van der Waals surface area contributed by atoms with Crippen LogP contribution in [0, 0.1) is 0 Å². The van der Waals surface area contributed by atoms with Gasteiger partial charge in [-0.15, -0.1) is 0 Å². The molecule has 1 atom stereocenters. The largest absolute Gasteiger partial charge is 0.497 e. The van der Waals surface area contributed by atoms with E-state index in [0.29, 0.717) is 11.5 Å². The quantitative estimate of drug-likeness (QED) is 0.891. The summed E-state index contributed by atoms with van der Waals surface area (Å²) < 4.78 is 48.0. The highest BCUT2D eigenvalue weighted by atomic mass is 19.4. The van der Waals surface area contributed by atoms with Crippen LogP contribution in [0.25, 0.3) is 0 Å². The molecule has 1 amide bonds. The van der Waals surface area contributed by atoms with Crippen molar-refractivity contribution in [1.29, 1.82) is 0 Å². The average molecular weight is 339 g/mol. The maximum atomic E-state index is 12.5. The molecule has 0 aliphatic carbocycles. The summed E-state index contributed by atoms with van der Waals surface area (Å²) in [5.74, 6) is 0.560. The lowest BCUT2D eigenvalue weighted by molar-refractivity contribution is -0.137. The predicted molar refractivity (Wildman–Crippen MR) is 83.2 cm³/mol. The van der Waals surface area contributed by atoms with Gasteiger partial charge in [0.2, 0.25) is 0 Å².